The Kier molecular flexibility index (Phi) is 9.80. The van der Waals surface area contributed by atoms with Gasteiger partial charge < -0.3 is 14.8 Å². The molecule has 1 atom stereocenters. The number of hydrogen-bond donors (Lipinski definition) is 1. The number of alkyl halides is 2. The van der Waals surface area contributed by atoms with E-state index < -0.39 is 40.1 Å². The fraction of sp³-hybridized carbons (Fsp3) is 0.321. The molecule has 1 aromatic heterocycles. The Morgan fingerprint density at radius 3 is 2.27 bits per heavy atom. The van der Waals surface area contributed by atoms with Crippen molar-refractivity contribution in [3.8, 4) is 11.1 Å². The highest BCUT2D eigenvalue weighted by Gasteiger charge is 2.45. The third kappa shape index (κ3) is 8.22. The summed E-state index contributed by atoms with van der Waals surface area (Å²) < 4.78 is 61.4. The minimum Gasteiger partial charge on any atom is -0.461 e. The summed E-state index contributed by atoms with van der Waals surface area (Å²) in [6.45, 7) is 1.91. The molecule has 0 aliphatic heterocycles. The summed E-state index contributed by atoms with van der Waals surface area (Å²) in [7, 11) is -3.58. The maximum atomic E-state index is 13.7. The van der Waals surface area contributed by atoms with Crippen LogP contribution in [-0.2, 0) is 36.3 Å². The minimum atomic E-state index is -3.58. The second-order valence-corrected chi connectivity index (χ2v) is 11.5. The van der Waals surface area contributed by atoms with E-state index in [4.69, 9.17) is 9.47 Å². The molecule has 0 unspecified atom stereocenters. The summed E-state index contributed by atoms with van der Waals surface area (Å²) in [5, 5.41) is 7.28. The molecule has 1 heterocycles. The lowest BCUT2D eigenvalue weighted by Crippen LogP contribution is -2.53. The Morgan fingerprint density at radius 1 is 1.07 bits per heavy atom. The largest absolute Gasteiger partial charge is 0.461 e. The maximum absolute atomic E-state index is 13.7. The standard InChI is InChI=1S/C28H31F2N3O6S/c1-19(2)39-25(34)28(14-20(3)18-40(4,36)37,32-27(35)38-17-21-8-6-5-7-9-21)24-12-10-22(11-13-24)23-15-31-33(16-23)26(29)30/h5-13,15-16,18-19,26H,14,17H2,1-4H3,(H,32,35)/t28-/m1/s1. The second kappa shape index (κ2) is 12.9. The molecule has 12 heteroatoms. The molecule has 1 amide bonds. The van der Waals surface area contributed by atoms with Crippen LogP contribution in [0.3, 0.4) is 0 Å². The summed E-state index contributed by atoms with van der Waals surface area (Å²) in [5.41, 5.74) is 0.307. The summed E-state index contributed by atoms with van der Waals surface area (Å²) in [6.07, 6.45) is 1.72. The van der Waals surface area contributed by atoms with Gasteiger partial charge in [0.05, 0.1) is 12.3 Å². The van der Waals surface area contributed by atoms with Gasteiger partial charge in [0, 0.05) is 29.8 Å². The number of rotatable bonds is 11. The van der Waals surface area contributed by atoms with Gasteiger partial charge in [-0.1, -0.05) is 60.2 Å². The van der Waals surface area contributed by atoms with Gasteiger partial charge in [-0.2, -0.15) is 13.9 Å². The average molecular weight is 576 g/mol. The van der Waals surface area contributed by atoms with E-state index in [2.05, 4.69) is 10.4 Å². The van der Waals surface area contributed by atoms with Gasteiger partial charge in [-0.15, -0.1) is 0 Å². The van der Waals surface area contributed by atoms with Crippen LogP contribution in [-0.4, -0.2) is 42.6 Å². The van der Waals surface area contributed by atoms with Gasteiger partial charge in [-0.05, 0) is 37.5 Å². The van der Waals surface area contributed by atoms with Gasteiger partial charge in [0.15, 0.2) is 15.4 Å². The van der Waals surface area contributed by atoms with Crippen LogP contribution in [0.5, 0.6) is 0 Å². The van der Waals surface area contributed by atoms with Crippen molar-refractivity contribution in [3.05, 3.63) is 89.1 Å². The van der Waals surface area contributed by atoms with E-state index in [0.717, 1.165) is 17.2 Å². The quantitative estimate of drug-likeness (QED) is 0.306. The van der Waals surface area contributed by atoms with E-state index in [1.54, 1.807) is 50.2 Å². The smallest absolute Gasteiger partial charge is 0.408 e. The van der Waals surface area contributed by atoms with E-state index >= 15 is 0 Å². The second-order valence-electron chi connectivity index (χ2n) is 9.58. The third-order valence-electron chi connectivity index (χ3n) is 5.69. The molecule has 9 nitrogen and oxygen atoms in total. The van der Waals surface area contributed by atoms with Crippen LogP contribution in [0.15, 0.2) is 78.0 Å². The van der Waals surface area contributed by atoms with Crippen molar-refractivity contribution in [2.24, 2.45) is 0 Å². The molecule has 0 saturated carbocycles. The number of halogens is 2. The van der Waals surface area contributed by atoms with E-state index in [1.807, 2.05) is 6.07 Å². The first-order valence-electron chi connectivity index (χ1n) is 12.3. The van der Waals surface area contributed by atoms with Crippen LogP contribution in [0.2, 0.25) is 0 Å². The van der Waals surface area contributed by atoms with Crippen LogP contribution in [0.4, 0.5) is 13.6 Å². The van der Waals surface area contributed by atoms with Crippen LogP contribution < -0.4 is 5.32 Å². The van der Waals surface area contributed by atoms with Crippen molar-refractivity contribution in [2.75, 3.05) is 6.26 Å². The molecule has 0 radical (unpaired) electrons. The zero-order chi connectivity index (χ0) is 29.5. The number of aromatic nitrogens is 2. The van der Waals surface area contributed by atoms with Gasteiger partial charge in [-0.25, -0.2) is 22.7 Å². The summed E-state index contributed by atoms with van der Waals surface area (Å²) in [4.78, 5) is 26.7. The Bertz CT molecular complexity index is 1450. The number of hydrogen-bond acceptors (Lipinski definition) is 7. The number of nitrogens with zero attached hydrogens (tertiary/aromatic N) is 2. The van der Waals surface area contributed by atoms with Crippen molar-refractivity contribution in [1.29, 1.82) is 0 Å². The van der Waals surface area contributed by atoms with E-state index in [9.17, 15) is 26.8 Å². The maximum Gasteiger partial charge on any atom is 0.408 e. The lowest BCUT2D eigenvalue weighted by molar-refractivity contribution is -0.156. The van der Waals surface area contributed by atoms with Crippen molar-refractivity contribution in [2.45, 2.75) is 52.0 Å². The molecule has 40 heavy (non-hydrogen) atoms. The predicted molar refractivity (Wildman–Crippen MR) is 145 cm³/mol. The Hall–Kier alpha value is -4.06. The molecule has 2 aromatic carbocycles. The molecular weight excluding hydrogens is 544 g/mol. The molecule has 0 aliphatic rings. The molecule has 3 rings (SSSR count). The van der Waals surface area contributed by atoms with Crippen molar-refractivity contribution < 1.29 is 36.3 Å². The number of nitrogens with one attached hydrogen (secondary N) is 1. The lowest BCUT2D eigenvalue weighted by atomic mass is 9.83. The van der Waals surface area contributed by atoms with E-state index in [1.165, 1.54) is 31.5 Å². The molecule has 0 aliphatic carbocycles. The molecule has 214 valence electrons. The first-order valence-corrected chi connectivity index (χ1v) is 14.2. The zero-order valence-corrected chi connectivity index (χ0v) is 23.3. The molecule has 1 N–H and O–H groups in total. The summed E-state index contributed by atoms with van der Waals surface area (Å²) in [6, 6.07) is 15.1. The molecule has 0 spiro atoms. The number of alkyl carbamates (subject to hydrolysis) is 1. The van der Waals surface area contributed by atoms with Crippen molar-refractivity contribution >= 4 is 21.9 Å². The number of amides is 1. The summed E-state index contributed by atoms with van der Waals surface area (Å²) in [5.74, 6) is -0.835. The van der Waals surface area contributed by atoms with Gasteiger partial charge in [-0.3, -0.25) is 0 Å². The van der Waals surface area contributed by atoms with Gasteiger partial charge in [0.2, 0.25) is 0 Å². The number of benzene rings is 2. The highest BCUT2D eigenvalue weighted by molar-refractivity contribution is 7.93. The number of carbonyl (C=O) groups excluding carboxylic acids is 2. The third-order valence-corrected chi connectivity index (χ3v) is 6.52. The fourth-order valence-electron chi connectivity index (χ4n) is 4.07. The summed E-state index contributed by atoms with van der Waals surface area (Å²) >= 11 is 0. The minimum absolute atomic E-state index is 0.0762. The number of esters is 1. The van der Waals surface area contributed by atoms with Crippen LogP contribution in [0.1, 0.15) is 44.9 Å². The Morgan fingerprint density at radius 2 is 1.73 bits per heavy atom. The fourth-order valence-corrected chi connectivity index (χ4v) is 4.89. The first kappa shape index (κ1) is 30.5. The van der Waals surface area contributed by atoms with Gasteiger partial charge >= 0.3 is 18.6 Å². The van der Waals surface area contributed by atoms with E-state index in [-0.39, 0.29) is 24.2 Å². The number of sulfone groups is 1. The molecule has 3 aromatic rings. The Balaban J connectivity index is 2.05. The first-order chi connectivity index (χ1) is 18.8. The zero-order valence-electron chi connectivity index (χ0n) is 22.5. The number of ether oxygens (including phenoxy) is 2. The van der Waals surface area contributed by atoms with Crippen LogP contribution in [0, 0.1) is 0 Å². The van der Waals surface area contributed by atoms with Crippen molar-refractivity contribution in [3.63, 3.8) is 0 Å². The van der Waals surface area contributed by atoms with Crippen molar-refractivity contribution in [1.82, 2.24) is 15.1 Å². The molecule has 0 saturated heterocycles. The number of carbonyl (C=O) groups is 2. The predicted octanol–water partition coefficient (Wildman–Crippen LogP) is 5.36. The molecule has 0 bridgehead atoms. The topological polar surface area (TPSA) is 117 Å². The monoisotopic (exact) mass is 575 g/mol. The normalized spacial score (nSPS) is 13.7. The van der Waals surface area contributed by atoms with E-state index in [0.29, 0.717) is 15.8 Å². The highest BCUT2D eigenvalue weighted by Crippen LogP contribution is 2.33. The average Bonchev–Trinajstić information content (AvgIpc) is 3.37. The molecule has 0 fully saturated rings. The van der Waals surface area contributed by atoms with Crippen LogP contribution >= 0.6 is 0 Å². The van der Waals surface area contributed by atoms with Gasteiger partial charge in [0.1, 0.15) is 6.61 Å². The lowest BCUT2D eigenvalue weighted by Gasteiger charge is -2.34. The SMILES string of the molecule is CC(=CS(C)(=O)=O)C[C@](NC(=O)OCc1ccccc1)(C(=O)OC(C)C)c1ccc(-c2cnn(C(F)F)c2)cc1. The molecular formula is C28H31F2N3O6S. The van der Waals surface area contributed by atoms with Crippen LogP contribution in [0.25, 0.3) is 11.1 Å². The Labute approximate surface area is 231 Å². The highest BCUT2D eigenvalue weighted by atomic mass is 32.2. The van der Waals surface area contributed by atoms with Gasteiger partial charge in [0.25, 0.3) is 0 Å².